The Bertz CT molecular complexity index is 235. The number of rotatable bonds is 1. The minimum atomic E-state index is -0.940. The molecular weight excluding hydrogens is 244 g/mol. The molecule has 0 aromatic heterocycles. The number of carboxylic acid groups (broad SMARTS) is 1. The van der Waals surface area contributed by atoms with Crippen LogP contribution in [0.5, 0.6) is 0 Å². The lowest BCUT2D eigenvalue weighted by Crippen LogP contribution is -2.44. The zero-order valence-corrected chi connectivity index (χ0v) is 11.7. The molecule has 0 bridgehead atoms. The van der Waals surface area contributed by atoms with Gasteiger partial charge in [-0.2, -0.15) is 0 Å². The third-order valence-corrected chi connectivity index (χ3v) is 3.46. The van der Waals surface area contributed by atoms with Crippen LogP contribution in [0.2, 0.25) is 0 Å². The second kappa shape index (κ2) is 10.00. The summed E-state index contributed by atoms with van der Waals surface area (Å²) in [7, 11) is 0. The molecule has 6 N–H and O–H groups in total. The molecule has 2 heterocycles. The van der Waals surface area contributed by atoms with Crippen molar-refractivity contribution in [3.05, 3.63) is 0 Å². The number of hydrogen-bond acceptors (Lipinski definition) is 4. The molecule has 2 fully saturated rings. The standard InChI is InChI=1S/C7H14N2O2.C6H14N2/c10-7(11)9-6-4-2-1-3-5-8-6;7-6-4-2-1-3-5-8-6/h6,8-9H,1-5H2,(H,10,11);6,8H,1-5,7H2. The van der Waals surface area contributed by atoms with Crippen molar-refractivity contribution < 1.29 is 9.90 Å². The van der Waals surface area contributed by atoms with Crippen LogP contribution in [0.1, 0.15) is 51.4 Å². The van der Waals surface area contributed by atoms with E-state index in [1.54, 1.807) is 0 Å². The summed E-state index contributed by atoms with van der Waals surface area (Å²) < 4.78 is 0. The van der Waals surface area contributed by atoms with Crippen molar-refractivity contribution in [1.82, 2.24) is 16.0 Å². The van der Waals surface area contributed by atoms with E-state index >= 15 is 0 Å². The molecule has 6 nitrogen and oxygen atoms in total. The van der Waals surface area contributed by atoms with E-state index in [1.165, 1.54) is 25.7 Å². The first-order chi connectivity index (χ1) is 9.18. The minimum absolute atomic E-state index is 0.0324. The molecule has 19 heavy (non-hydrogen) atoms. The van der Waals surface area contributed by atoms with Crippen LogP contribution in [-0.4, -0.2) is 36.6 Å². The van der Waals surface area contributed by atoms with Gasteiger partial charge < -0.3 is 21.5 Å². The van der Waals surface area contributed by atoms with Gasteiger partial charge in [0.15, 0.2) is 0 Å². The molecule has 0 spiro atoms. The number of nitrogens with two attached hydrogens (primary N) is 1. The van der Waals surface area contributed by atoms with Crippen molar-refractivity contribution in [2.24, 2.45) is 5.73 Å². The number of nitrogens with one attached hydrogen (secondary N) is 3. The van der Waals surface area contributed by atoms with Gasteiger partial charge in [-0.05, 0) is 38.8 Å². The average Bonchev–Trinajstić information content (AvgIpc) is 2.74. The van der Waals surface area contributed by atoms with Crippen molar-refractivity contribution in [3.63, 3.8) is 0 Å². The maximum atomic E-state index is 10.2. The van der Waals surface area contributed by atoms with Gasteiger partial charge in [0.05, 0.1) is 12.3 Å². The summed E-state index contributed by atoms with van der Waals surface area (Å²) in [5.41, 5.74) is 5.62. The Morgan fingerprint density at radius 2 is 1.63 bits per heavy atom. The van der Waals surface area contributed by atoms with E-state index in [-0.39, 0.29) is 12.3 Å². The predicted molar refractivity (Wildman–Crippen MR) is 75.9 cm³/mol. The summed E-state index contributed by atoms with van der Waals surface area (Å²) in [6.45, 7) is 2.03. The molecule has 2 rings (SSSR count). The lowest BCUT2D eigenvalue weighted by Gasteiger charge is -2.14. The van der Waals surface area contributed by atoms with E-state index in [0.717, 1.165) is 38.8 Å². The number of amides is 1. The van der Waals surface area contributed by atoms with Crippen LogP contribution in [0.4, 0.5) is 4.79 Å². The second-order valence-electron chi connectivity index (χ2n) is 5.22. The Hall–Kier alpha value is -0.850. The zero-order chi connectivity index (χ0) is 13.9. The van der Waals surface area contributed by atoms with Gasteiger partial charge in [0.25, 0.3) is 0 Å². The third-order valence-electron chi connectivity index (χ3n) is 3.46. The van der Waals surface area contributed by atoms with E-state index in [0.29, 0.717) is 0 Å². The maximum Gasteiger partial charge on any atom is 0.405 e. The first kappa shape index (κ1) is 16.2. The Morgan fingerprint density at radius 1 is 1.00 bits per heavy atom. The van der Waals surface area contributed by atoms with Gasteiger partial charge >= 0.3 is 6.09 Å². The minimum Gasteiger partial charge on any atom is -0.465 e. The summed E-state index contributed by atoms with van der Waals surface area (Å²) in [6, 6.07) is 0. The Kier molecular flexibility index (Phi) is 8.53. The fourth-order valence-corrected chi connectivity index (χ4v) is 2.36. The molecule has 0 aromatic carbocycles. The highest BCUT2D eigenvalue weighted by atomic mass is 16.4. The molecule has 0 radical (unpaired) electrons. The Labute approximate surface area is 115 Å². The fraction of sp³-hybridized carbons (Fsp3) is 0.923. The first-order valence-corrected chi connectivity index (χ1v) is 7.40. The van der Waals surface area contributed by atoms with Crippen LogP contribution >= 0.6 is 0 Å². The molecule has 0 aliphatic carbocycles. The average molecular weight is 272 g/mol. The van der Waals surface area contributed by atoms with E-state index in [9.17, 15) is 4.79 Å². The van der Waals surface area contributed by atoms with Gasteiger partial charge in [-0.3, -0.25) is 5.32 Å². The van der Waals surface area contributed by atoms with E-state index in [1.807, 2.05) is 0 Å². The highest BCUT2D eigenvalue weighted by Crippen LogP contribution is 2.06. The third kappa shape index (κ3) is 8.80. The molecule has 112 valence electrons. The highest BCUT2D eigenvalue weighted by Gasteiger charge is 2.12. The van der Waals surface area contributed by atoms with Crippen molar-refractivity contribution >= 4 is 6.09 Å². The first-order valence-electron chi connectivity index (χ1n) is 7.40. The predicted octanol–water partition coefficient (Wildman–Crippen LogP) is 1.18. The molecule has 1 amide bonds. The van der Waals surface area contributed by atoms with Crippen LogP contribution in [-0.2, 0) is 0 Å². The molecule has 0 saturated carbocycles. The summed E-state index contributed by atoms with van der Waals surface area (Å²) in [5.74, 6) is 0. The number of carbonyl (C=O) groups is 1. The molecule has 2 aliphatic heterocycles. The van der Waals surface area contributed by atoms with Crippen LogP contribution in [0.15, 0.2) is 0 Å². The molecule has 6 heteroatoms. The van der Waals surface area contributed by atoms with Crippen molar-refractivity contribution in [2.75, 3.05) is 13.1 Å². The van der Waals surface area contributed by atoms with Crippen molar-refractivity contribution in [1.29, 1.82) is 0 Å². The summed E-state index contributed by atoms with van der Waals surface area (Å²) in [4.78, 5) is 10.2. The molecule has 2 atom stereocenters. The highest BCUT2D eigenvalue weighted by molar-refractivity contribution is 5.64. The molecule has 0 aromatic rings. The summed E-state index contributed by atoms with van der Waals surface area (Å²) in [5, 5.41) is 17.2. The molecular formula is C13H28N4O2. The Balaban J connectivity index is 0.000000200. The summed E-state index contributed by atoms with van der Waals surface area (Å²) >= 11 is 0. The quantitative estimate of drug-likeness (QED) is 0.493. The summed E-state index contributed by atoms with van der Waals surface area (Å²) in [6.07, 6.45) is 8.77. The lowest BCUT2D eigenvalue weighted by molar-refractivity contribution is 0.186. The fourth-order valence-electron chi connectivity index (χ4n) is 2.36. The van der Waals surface area contributed by atoms with Gasteiger partial charge in [0, 0.05) is 0 Å². The van der Waals surface area contributed by atoms with Crippen LogP contribution in [0.25, 0.3) is 0 Å². The maximum absolute atomic E-state index is 10.2. The van der Waals surface area contributed by atoms with Gasteiger partial charge in [-0.25, -0.2) is 4.79 Å². The van der Waals surface area contributed by atoms with E-state index in [2.05, 4.69) is 16.0 Å². The smallest absolute Gasteiger partial charge is 0.405 e. The van der Waals surface area contributed by atoms with Gasteiger partial charge in [0.2, 0.25) is 0 Å². The van der Waals surface area contributed by atoms with E-state index in [4.69, 9.17) is 10.8 Å². The number of hydrogen-bond donors (Lipinski definition) is 5. The van der Waals surface area contributed by atoms with Crippen LogP contribution in [0, 0.1) is 0 Å². The van der Waals surface area contributed by atoms with Crippen molar-refractivity contribution in [3.8, 4) is 0 Å². The molecule has 2 unspecified atom stereocenters. The zero-order valence-electron chi connectivity index (χ0n) is 11.7. The van der Waals surface area contributed by atoms with Crippen molar-refractivity contribution in [2.45, 2.75) is 63.7 Å². The monoisotopic (exact) mass is 272 g/mol. The SMILES string of the molecule is NC1CCCCCN1.O=C(O)NC1CCCCCN1. The normalized spacial score (nSPS) is 28.3. The molecule has 2 saturated heterocycles. The largest absolute Gasteiger partial charge is 0.465 e. The van der Waals surface area contributed by atoms with Crippen LogP contribution in [0.3, 0.4) is 0 Å². The van der Waals surface area contributed by atoms with Gasteiger partial charge in [0.1, 0.15) is 0 Å². The second-order valence-corrected chi connectivity index (χ2v) is 5.22. The van der Waals surface area contributed by atoms with Crippen LogP contribution < -0.4 is 21.7 Å². The topological polar surface area (TPSA) is 99.4 Å². The van der Waals surface area contributed by atoms with E-state index < -0.39 is 6.09 Å². The molecule has 2 aliphatic rings. The Morgan fingerprint density at radius 3 is 2.32 bits per heavy atom. The van der Waals surface area contributed by atoms with Gasteiger partial charge in [-0.1, -0.05) is 25.7 Å². The lowest BCUT2D eigenvalue weighted by atomic mass is 10.2. The van der Waals surface area contributed by atoms with Gasteiger partial charge in [-0.15, -0.1) is 0 Å².